The van der Waals surface area contributed by atoms with Gasteiger partial charge < -0.3 is 4.74 Å². The van der Waals surface area contributed by atoms with E-state index >= 15 is 0 Å². The summed E-state index contributed by atoms with van der Waals surface area (Å²) in [5, 5.41) is 14.9. The minimum absolute atomic E-state index is 0.0132. The van der Waals surface area contributed by atoms with E-state index in [1.165, 1.54) is 12.3 Å². The second-order valence-corrected chi connectivity index (χ2v) is 5.93. The number of hydrogen-bond donors (Lipinski definition) is 1. The van der Waals surface area contributed by atoms with Crippen LogP contribution < -0.4 is 10.2 Å². The van der Waals surface area contributed by atoms with Gasteiger partial charge in [0.1, 0.15) is 5.75 Å². The molecule has 0 unspecified atom stereocenters. The molecule has 23 heavy (non-hydrogen) atoms. The van der Waals surface area contributed by atoms with Gasteiger partial charge in [0.05, 0.1) is 16.0 Å². The number of halogens is 1. The molecule has 0 saturated carbocycles. The Kier molecular flexibility index (Phi) is 5.67. The number of hydrogen-bond acceptors (Lipinski definition) is 6. The van der Waals surface area contributed by atoms with Gasteiger partial charge in [0.15, 0.2) is 6.61 Å². The molecule has 0 saturated heterocycles. The molecule has 2 aromatic rings. The van der Waals surface area contributed by atoms with E-state index in [1.54, 1.807) is 24.3 Å². The van der Waals surface area contributed by atoms with Gasteiger partial charge >= 0.3 is 5.00 Å². The predicted molar refractivity (Wildman–Crippen MR) is 88.4 cm³/mol. The first-order valence-electron chi connectivity index (χ1n) is 6.41. The predicted octanol–water partition coefficient (Wildman–Crippen LogP) is 3.15. The molecule has 1 heterocycles. The molecule has 0 fully saturated rings. The summed E-state index contributed by atoms with van der Waals surface area (Å²) in [6.45, 7) is 1.63. The molecular formula is C14H12ClN3O4S. The molecule has 1 N–H and O–H groups in total. The quantitative estimate of drug-likeness (QED) is 0.490. The standard InChI is InChI=1S/C14H12ClN3O4S/c1-9-6-10(2-4-12(9)15)22-8-13(19)17-16-7-11-3-5-14(23-11)18(20)21/h2-7H,8H2,1H3,(H,17,19)/b16-7+. The number of rotatable bonds is 6. The number of ether oxygens (including phenoxy) is 1. The Balaban J connectivity index is 1.81. The number of nitrogens with zero attached hydrogens (tertiary/aromatic N) is 2. The SMILES string of the molecule is Cc1cc(OCC(=O)N/N=C/c2ccc([N+](=O)[O-])s2)ccc1Cl. The average Bonchev–Trinajstić information content (AvgIpc) is 2.97. The topological polar surface area (TPSA) is 93.8 Å². The normalized spacial score (nSPS) is 10.7. The first-order valence-corrected chi connectivity index (χ1v) is 7.60. The minimum atomic E-state index is -0.484. The van der Waals surface area contributed by atoms with Crippen LogP contribution >= 0.6 is 22.9 Å². The fourth-order valence-corrected chi connectivity index (χ4v) is 2.38. The second-order valence-electron chi connectivity index (χ2n) is 4.43. The summed E-state index contributed by atoms with van der Waals surface area (Å²) in [6.07, 6.45) is 1.34. The van der Waals surface area contributed by atoms with Crippen molar-refractivity contribution in [1.82, 2.24) is 5.43 Å². The number of hydrazone groups is 1. The van der Waals surface area contributed by atoms with Crippen LogP contribution in [0.25, 0.3) is 0 Å². The fraction of sp³-hybridized carbons (Fsp3) is 0.143. The van der Waals surface area contributed by atoms with Crippen LogP contribution in [0.1, 0.15) is 10.4 Å². The maximum absolute atomic E-state index is 11.6. The van der Waals surface area contributed by atoms with Crippen molar-refractivity contribution < 1.29 is 14.5 Å². The number of carbonyl (C=O) groups excluding carboxylic acids is 1. The van der Waals surface area contributed by atoms with Crippen molar-refractivity contribution in [3.63, 3.8) is 0 Å². The Morgan fingerprint density at radius 3 is 2.91 bits per heavy atom. The summed E-state index contributed by atoms with van der Waals surface area (Å²) >= 11 is 6.86. The van der Waals surface area contributed by atoms with Gasteiger partial charge in [0.25, 0.3) is 5.91 Å². The summed E-state index contributed by atoms with van der Waals surface area (Å²) in [4.78, 5) is 22.2. The lowest BCUT2D eigenvalue weighted by Crippen LogP contribution is -2.24. The van der Waals surface area contributed by atoms with Crippen LogP contribution in [0.2, 0.25) is 5.02 Å². The lowest BCUT2D eigenvalue weighted by molar-refractivity contribution is -0.380. The largest absolute Gasteiger partial charge is 0.484 e. The van der Waals surface area contributed by atoms with E-state index in [0.717, 1.165) is 16.9 Å². The summed E-state index contributed by atoms with van der Waals surface area (Å²) in [5.74, 6) is 0.0832. The van der Waals surface area contributed by atoms with Gasteiger partial charge in [-0.05, 0) is 36.8 Å². The highest BCUT2D eigenvalue weighted by atomic mass is 35.5. The molecule has 0 bridgehead atoms. The van der Waals surface area contributed by atoms with Crippen LogP contribution in [0.5, 0.6) is 5.75 Å². The van der Waals surface area contributed by atoms with E-state index in [-0.39, 0.29) is 11.6 Å². The van der Waals surface area contributed by atoms with E-state index in [4.69, 9.17) is 16.3 Å². The van der Waals surface area contributed by atoms with Gasteiger partial charge in [0.2, 0.25) is 0 Å². The van der Waals surface area contributed by atoms with E-state index in [0.29, 0.717) is 15.6 Å². The molecule has 0 aliphatic carbocycles. The third-order valence-corrected chi connectivity index (χ3v) is 4.07. The molecule has 1 aromatic carbocycles. The Bertz CT molecular complexity index is 760. The number of nitro groups is 1. The minimum Gasteiger partial charge on any atom is -0.484 e. The zero-order valence-electron chi connectivity index (χ0n) is 12.0. The Morgan fingerprint density at radius 1 is 1.48 bits per heavy atom. The van der Waals surface area contributed by atoms with Crippen molar-refractivity contribution in [2.24, 2.45) is 5.10 Å². The van der Waals surface area contributed by atoms with E-state index in [2.05, 4.69) is 10.5 Å². The van der Waals surface area contributed by atoms with Crippen molar-refractivity contribution in [1.29, 1.82) is 0 Å². The first kappa shape index (κ1) is 16.9. The van der Waals surface area contributed by atoms with Gasteiger partial charge in [0, 0.05) is 11.1 Å². The number of carbonyl (C=O) groups is 1. The molecule has 0 radical (unpaired) electrons. The molecule has 1 aromatic heterocycles. The zero-order chi connectivity index (χ0) is 16.8. The third-order valence-electron chi connectivity index (χ3n) is 2.67. The van der Waals surface area contributed by atoms with Crippen LogP contribution in [0.4, 0.5) is 5.00 Å². The maximum Gasteiger partial charge on any atom is 0.324 e. The smallest absolute Gasteiger partial charge is 0.324 e. The summed E-state index contributed by atoms with van der Waals surface area (Å²) in [7, 11) is 0. The molecule has 0 atom stereocenters. The molecule has 0 aliphatic rings. The van der Waals surface area contributed by atoms with Crippen LogP contribution in [0.3, 0.4) is 0 Å². The maximum atomic E-state index is 11.6. The summed E-state index contributed by atoms with van der Waals surface area (Å²) in [5.41, 5.74) is 3.13. The zero-order valence-corrected chi connectivity index (χ0v) is 13.6. The highest BCUT2D eigenvalue weighted by molar-refractivity contribution is 7.16. The highest BCUT2D eigenvalue weighted by Gasteiger charge is 2.08. The van der Waals surface area contributed by atoms with Crippen molar-refractivity contribution in [3.05, 3.63) is 55.9 Å². The Morgan fingerprint density at radius 2 is 2.26 bits per heavy atom. The molecule has 2 rings (SSSR count). The Hall–Kier alpha value is -2.45. The molecule has 1 amide bonds. The Labute approximate surface area is 140 Å². The van der Waals surface area contributed by atoms with Gasteiger partial charge in [-0.1, -0.05) is 22.9 Å². The summed E-state index contributed by atoms with van der Waals surface area (Å²) < 4.78 is 5.31. The molecule has 9 heteroatoms. The number of nitrogens with one attached hydrogen (secondary N) is 1. The first-order chi connectivity index (χ1) is 11.0. The molecule has 0 spiro atoms. The lowest BCUT2D eigenvalue weighted by Gasteiger charge is -2.06. The number of benzene rings is 1. The average molecular weight is 354 g/mol. The second kappa shape index (κ2) is 7.70. The number of amides is 1. The third kappa shape index (κ3) is 5.04. The fourth-order valence-electron chi connectivity index (χ4n) is 1.57. The van der Waals surface area contributed by atoms with Crippen LogP contribution in [-0.2, 0) is 4.79 Å². The number of aryl methyl sites for hydroxylation is 1. The van der Waals surface area contributed by atoms with Crippen LogP contribution in [0.15, 0.2) is 35.4 Å². The number of thiophene rings is 1. The van der Waals surface area contributed by atoms with Crippen molar-refractivity contribution in [3.8, 4) is 5.75 Å². The van der Waals surface area contributed by atoms with Crippen LogP contribution in [-0.4, -0.2) is 23.7 Å². The highest BCUT2D eigenvalue weighted by Crippen LogP contribution is 2.22. The van der Waals surface area contributed by atoms with Gasteiger partial charge in [-0.3, -0.25) is 14.9 Å². The molecule has 7 nitrogen and oxygen atoms in total. The van der Waals surface area contributed by atoms with Crippen molar-refractivity contribution >= 4 is 40.1 Å². The monoisotopic (exact) mass is 353 g/mol. The van der Waals surface area contributed by atoms with Gasteiger partial charge in [-0.2, -0.15) is 5.10 Å². The molecule has 0 aliphatic heterocycles. The van der Waals surface area contributed by atoms with E-state index in [9.17, 15) is 14.9 Å². The molecular weight excluding hydrogens is 342 g/mol. The van der Waals surface area contributed by atoms with Gasteiger partial charge in [-0.25, -0.2) is 5.43 Å². The van der Waals surface area contributed by atoms with Crippen LogP contribution in [0, 0.1) is 17.0 Å². The summed E-state index contributed by atoms with van der Waals surface area (Å²) in [6, 6.07) is 8.00. The van der Waals surface area contributed by atoms with Crippen molar-refractivity contribution in [2.45, 2.75) is 6.92 Å². The lowest BCUT2D eigenvalue weighted by atomic mass is 10.2. The van der Waals surface area contributed by atoms with E-state index in [1.807, 2.05) is 6.92 Å². The van der Waals surface area contributed by atoms with E-state index < -0.39 is 10.8 Å². The van der Waals surface area contributed by atoms with Crippen molar-refractivity contribution in [2.75, 3.05) is 6.61 Å². The molecule has 120 valence electrons. The van der Waals surface area contributed by atoms with Gasteiger partial charge in [-0.15, -0.1) is 0 Å².